The molecule has 1 nitrogen and oxygen atoms in total. The van der Waals surface area contributed by atoms with Crippen molar-refractivity contribution in [3.8, 4) is 10.6 Å². The standard InChI is InChI=1S/C17H10F5NS2/c18-12-5-6-15(14(19)7-12)24-8-13-9-25-16(23-13)10-1-3-11(4-2-10)17(20,21)22/h1-7,9H,8H2. The summed E-state index contributed by atoms with van der Waals surface area (Å²) in [5.74, 6) is -0.900. The minimum atomic E-state index is -4.37. The normalized spacial score (nSPS) is 11.7. The molecular weight excluding hydrogens is 377 g/mol. The van der Waals surface area contributed by atoms with Gasteiger partial charge in [-0.2, -0.15) is 13.2 Å². The SMILES string of the molecule is Fc1ccc(SCc2csc(-c3ccc(C(F)(F)F)cc3)n2)c(F)c1. The minimum Gasteiger partial charge on any atom is -0.240 e. The Morgan fingerprint density at radius 2 is 1.72 bits per heavy atom. The molecule has 0 saturated carbocycles. The molecule has 3 aromatic rings. The zero-order valence-electron chi connectivity index (χ0n) is 12.5. The number of hydrogen-bond acceptors (Lipinski definition) is 3. The Bertz CT molecular complexity index is 871. The smallest absolute Gasteiger partial charge is 0.240 e. The monoisotopic (exact) mass is 387 g/mol. The number of hydrogen-bond donors (Lipinski definition) is 0. The number of thioether (sulfide) groups is 1. The van der Waals surface area contributed by atoms with Gasteiger partial charge >= 0.3 is 6.18 Å². The Kier molecular flexibility index (Phi) is 5.10. The van der Waals surface area contributed by atoms with Crippen molar-refractivity contribution in [1.29, 1.82) is 0 Å². The van der Waals surface area contributed by atoms with E-state index < -0.39 is 23.4 Å². The fraction of sp³-hybridized carbons (Fsp3) is 0.118. The van der Waals surface area contributed by atoms with Crippen LogP contribution in [0.25, 0.3) is 10.6 Å². The van der Waals surface area contributed by atoms with Crippen LogP contribution in [-0.2, 0) is 11.9 Å². The highest BCUT2D eigenvalue weighted by molar-refractivity contribution is 7.98. The van der Waals surface area contributed by atoms with E-state index in [1.165, 1.54) is 47.4 Å². The average molecular weight is 387 g/mol. The molecule has 0 aliphatic heterocycles. The zero-order chi connectivity index (χ0) is 18.0. The highest BCUT2D eigenvalue weighted by Gasteiger charge is 2.30. The number of nitrogens with zero attached hydrogens (tertiary/aromatic N) is 1. The molecule has 0 radical (unpaired) electrons. The van der Waals surface area contributed by atoms with E-state index in [9.17, 15) is 22.0 Å². The number of rotatable bonds is 4. The third kappa shape index (κ3) is 4.38. The molecule has 1 aromatic heterocycles. The lowest BCUT2D eigenvalue weighted by molar-refractivity contribution is -0.137. The van der Waals surface area contributed by atoms with Gasteiger partial charge in [0.1, 0.15) is 16.6 Å². The van der Waals surface area contributed by atoms with Crippen LogP contribution >= 0.6 is 23.1 Å². The van der Waals surface area contributed by atoms with Gasteiger partial charge in [0.25, 0.3) is 0 Å². The fourth-order valence-corrected chi connectivity index (χ4v) is 3.80. The van der Waals surface area contributed by atoms with Gasteiger partial charge < -0.3 is 0 Å². The van der Waals surface area contributed by atoms with Gasteiger partial charge in [-0.3, -0.25) is 0 Å². The van der Waals surface area contributed by atoms with E-state index in [1.54, 1.807) is 5.38 Å². The van der Waals surface area contributed by atoms with Gasteiger partial charge in [-0.1, -0.05) is 12.1 Å². The molecule has 130 valence electrons. The summed E-state index contributed by atoms with van der Waals surface area (Å²) in [6, 6.07) is 8.13. The highest BCUT2D eigenvalue weighted by atomic mass is 32.2. The Labute approximate surface area is 148 Å². The number of thiazole rings is 1. The van der Waals surface area contributed by atoms with Gasteiger partial charge in [0.05, 0.1) is 11.3 Å². The van der Waals surface area contributed by atoms with E-state index in [0.29, 0.717) is 26.9 Å². The fourth-order valence-electron chi connectivity index (χ4n) is 2.05. The first-order valence-electron chi connectivity index (χ1n) is 7.03. The first kappa shape index (κ1) is 17.9. The van der Waals surface area contributed by atoms with Crippen molar-refractivity contribution in [2.75, 3.05) is 0 Å². The Morgan fingerprint density at radius 3 is 2.36 bits per heavy atom. The summed E-state index contributed by atoms with van der Waals surface area (Å²) in [7, 11) is 0. The van der Waals surface area contributed by atoms with Crippen LogP contribution in [0, 0.1) is 11.6 Å². The average Bonchev–Trinajstić information content (AvgIpc) is 3.02. The van der Waals surface area contributed by atoms with E-state index in [2.05, 4.69) is 4.98 Å². The van der Waals surface area contributed by atoms with Gasteiger partial charge in [0.15, 0.2) is 0 Å². The van der Waals surface area contributed by atoms with Crippen LogP contribution in [0.15, 0.2) is 52.7 Å². The second kappa shape index (κ2) is 7.13. The summed E-state index contributed by atoms with van der Waals surface area (Å²) >= 11 is 2.48. The first-order chi connectivity index (χ1) is 11.8. The molecular formula is C17H10F5NS2. The summed E-state index contributed by atoms with van der Waals surface area (Å²) in [6.07, 6.45) is -4.37. The summed E-state index contributed by atoms with van der Waals surface area (Å²) in [6.45, 7) is 0. The number of halogens is 5. The van der Waals surface area contributed by atoms with E-state index >= 15 is 0 Å². The van der Waals surface area contributed by atoms with E-state index in [4.69, 9.17) is 0 Å². The number of aromatic nitrogens is 1. The van der Waals surface area contributed by atoms with E-state index in [1.807, 2.05) is 0 Å². The summed E-state index contributed by atoms with van der Waals surface area (Å²) in [4.78, 5) is 4.67. The van der Waals surface area contributed by atoms with Gasteiger partial charge in [0, 0.05) is 27.7 Å². The van der Waals surface area contributed by atoms with Crippen LogP contribution in [-0.4, -0.2) is 4.98 Å². The molecule has 0 saturated heterocycles. The number of benzene rings is 2. The maximum atomic E-state index is 13.6. The zero-order valence-corrected chi connectivity index (χ0v) is 14.1. The van der Waals surface area contributed by atoms with Crippen LogP contribution in [0.1, 0.15) is 11.3 Å². The lowest BCUT2D eigenvalue weighted by atomic mass is 10.1. The predicted octanol–water partition coefficient (Wildman–Crippen LogP) is 6.40. The molecule has 3 rings (SSSR count). The summed E-state index contributed by atoms with van der Waals surface area (Å²) in [5.41, 5.74) is 0.547. The summed E-state index contributed by atoms with van der Waals surface area (Å²) in [5, 5.41) is 2.35. The summed E-state index contributed by atoms with van der Waals surface area (Å²) < 4.78 is 64.2. The second-order valence-corrected chi connectivity index (χ2v) is 6.96. The van der Waals surface area contributed by atoms with Gasteiger partial charge in [-0.15, -0.1) is 23.1 Å². The molecule has 0 aliphatic rings. The van der Waals surface area contributed by atoms with Gasteiger partial charge in [-0.05, 0) is 24.3 Å². The molecule has 25 heavy (non-hydrogen) atoms. The quantitative estimate of drug-likeness (QED) is 0.380. The van der Waals surface area contributed by atoms with Crippen molar-refractivity contribution in [3.05, 3.63) is 70.7 Å². The number of alkyl halides is 3. The molecule has 0 unspecified atom stereocenters. The Hall–Kier alpha value is -1.93. The topological polar surface area (TPSA) is 12.9 Å². The highest BCUT2D eigenvalue weighted by Crippen LogP contribution is 2.33. The minimum absolute atomic E-state index is 0.311. The van der Waals surface area contributed by atoms with Crippen molar-refractivity contribution in [2.24, 2.45) is 0 Å². The predicted molar refractivity (Wildman–Crippen MR) is 88.5 cm³/mol. The molecule has 0 N–H and O–H groups in total. The van der Waals surface area contributed by atoms with Crippen LogP contribution in [0.5, 0.6) is 0 Å². The van der Waals surface area contributed by atoms with Crippen molar-refractivity contribution < 1.29 is 22.0 Å². The third-order valence-electron chi connectivity index (χ3n) is 3.28. The van der Waals surface area contributed by atoms with Crippen LogP contribution in [0.2, 0.25) is 0 Å². The largest absolute Gasteiger partial charge is 0.416 e. The van der Waals surface area contributed by atoms with E-state index in [-0.39, 0.29) is 0 Å². The van der Waals surface area contributed by atoms with Crippen molar-refractivity contribution in [1.82, 2.24) is 4.98 Å². The first-order valence-corrected chi connectivity index (χ1v) is 8.89. The molecule has 0 spiro atoms. The molecule has 0 fully saturated rings. The second-order valence-electron chi connectivity index (χ2n) is 5.08. The molecule has 0 amide bonds. The molecule has 8 heteroatoms. The van der Waals surface area contributed by atoms with Crippen LogP contribution in [0.4, 0.5) is 22.0 Å². The lowest BCUT2D eigenvalue weighted by Crippen LogP contribution is -2.03. The Balaban J connectivity index is 1.70. The van der Waals surface area contributed by atoms with Gasteiger partial charge in [-0.25, -0.2) is 13.8 Å². The van der Waals surface area contributed by atoms with Crippen molar-refractivity contribution in [2.45, 2.75) is 16.8 Å². The molecule has 0 bridgehead atoms. The van der Waals surface area contributed by atoms with Gasteiger partial charge in [0.2, 0.25) is 0 Å². The maximum absolute atomic E-state index is 13.6. The van der Waals surface area contributed by atoms with Crippen molar-refractivity contribution >= 4 is 23.1 Å². The lowest BCUT2D eigenvalue weighted by Gasteiger charge is -2.06. The van der Waals surface area contributed by atoms with Crippen molar-refractivity contribution in [3.63, 3.8) is 0 Å². The van der Waals surface area contributed by atoms with Crippen LogP contribution in [0.3, 0.4) is 0 Å². The molecule has 0 aliphatic carbocycles. The molecule has 1 heterocycles. The third-order valence-corrected chi connectivity index (χ3v) is 5.30. The molecule has 2 aromatic carbocycles. The van der Waals surface area contributed by atoms with Crippen LogP contribution < -0.4 is 0 Å². The molecule has 0 atom stereocenters. The maximum Gasteiger partial charge on any atom is 0.416 e. The Morgan fingerprint density at radius 1 is 1.00 bits per heavy atom. The van der Waals surface area contributed by atoms with E-state index in [0.717, 1.165) is 18.2 Å².